The van der Waals surface area contributed by atoms with Crippen molar-refractivity contribution in [1.29, 1.82) is 0 Å². The molecular formula is C21H29NO2S2. The maximum absolute atomic E-state index is 12.7. The Morgan fingerprint density at radius 2 is 1.73 bits per heavy atom. The standard InChI is InChI=1S/C21H29NO2S2/c23-20(22-12-3-6-16-5-1-2-7-19(16)22)15-24-18-10-8-17(9-11-18)21-25-13-4-14-26-21/h8-11,16,19,21H,1-7,12-15H2. The summed E-state index contributed by atoms with van der Waals surface area (Å²) in [5.41, 5.74) is 1.36. The van der Waals surface area contributed by atoms with Crippen LogP contribution in [0.4, 0.5) is 0 Å². The predicted octanol–water partition coefficient (Wildman–Crippen LogP) is 5.12. The molecule has 2 unspecified atom stereocenters. The lowest BCUT2D eigenvalue weighted by Crippen LogP contribution is -2.51. The first kappa shape index (κ1) is 18.5. The van der Waals surface area contributed by atoms with Gasteiger partial charge in [-0.1, -0.05) is 25.0 Å². The fraction of sp³-hybridized carbons (Fsp3) is 0.667. The number of hydrogen-bond donors (Lipinski definition) is 0. The van der Waals surface area contributed by atoms with Crippen LogP contribution in [0.1, 0.15) is 55.1 Å². The van der Waals surface area contributed by atoms with Crippen LogP contribution in [-0.4, -0.2) is 41.5 Å². The molecule has 0 radical (unpaired) electrons. The Bertz CT molecular complexity index is 599. The van der Waals surface area contributed by atoms with Gasteiger partial charge in [0.25, 0.3) is 5.91 Å². The van der Waals surface area contributed by atoms with E-state index in [0.29, 0.717) is 10.6 Å². The summed E-state index contributed by atoms with van der Waals surface area (Å²) in [6.07, 6.45) is 8.85. The Morgan fingerprint density at radius 1 is 1.00 bits per heavy atom. The van der Waals surface area contributed by atoms with E-state index in [0.717, 1.165) is 24.6 Å². The van der Waals surface area contributed by atoms with Gasteiger partial charge in [-0.25, -0.2) is 0 Å². The molecule has 142 valence electrons. The van der Waals surface area contributed by atoms with Crippen molar-refractivity contribution in [3.63, 3.8) is 0 Å². The Labute approximate surface area is 165 Å². The van der Waals surface area contributed by atoms with E-state index in [2.05, 4.69) is 17.0 Å². The van der Waals surface area contributed by atoms with Crippen molar-refractivity contribution >= 4 is 29.4 Å². The van der Waals surface area contributed by atoms with E-state index in [1.165, 1.54) is 55.6 Å². The average Bonchev–Trinajstić information content (AvgIpc) is 2.72. The number of carbonyl (C=O) groups is 1. The zero-order chi connectivity index (χ0) is 17.8. The SMILES string of the molecule is O=C(COc1ccc(C2SCCCS2)cc1)N1CCCC2CCCCC21. The fourth-order valence-corrected chi connectivity index (χ4v) is 7.46. The highest BCUT2D eigenvalue weighted by Gasteiger charge is 2.35. The van der Waals surface area contributed by atoms with Crippen molar-refractivity contribution in [3.05, 3.63) is 29.8 Å². The lowest BCUT2D eigenvalue weighted by atomic mass is 9.78. The third-order valence-corrected chi connectivity index (χ3v) is 8.92. The molecule has 0 aromatic heterocycles. The third kappa shape index (κ3) is 4.36. The van der Waals surface area contributed by atoms with Crippen molar-refractivity contribution in [2.24, 2.45) is 5.92 Å². The zero-order valence-corrected chi connectivity index (χ0v) is 17.0. The largest absolute Gasteiger partial charge is 0.484 e. The highest BCUT2D eigenvalue weighted by molar-refractivity contribution is 8.16. The molecule has 2 atom stereocenters. The number of ether oxygens (including phenoxy) is 1. The van der Waals surface area contributed by atoms with Crippen LogP contribution in [0, 0.1) is 5.92 Å². The van der Waals surface area contributed by atoms with Crippen LogP contribution in [0.5, 0.6) is 5.75 Å². The molecule has 0 bridgehead atoms. The van der Waals surface area contributed by atoms with E-state index < -0.39 is 0 Å². The van der Waals surface area contributed by atoms with E-state index in [9.17, 15) is 4.79 Å². The number of benzene rings is 1. The minimum atomic E-state index is 0.170. The van der Waals surface area contributed by atoms with Crippen LogP contribution >= 0.6 is 23.5 Å². The van der Waals surface area contributed by atoms with Gasteiger partial charge >= 0.3 is 0 Å². The summed E-state index contributed by atoms with van der Waals surface area (Å²) in [5.74, 6) is 4.21. The van der Waals surface area contributed by atoms with Crippen molar-refractivity contribution in [2.75, 3.05) is 24.7 Å². The first-order chi connectivity index (χ1) is 12.8. The molecule has 2 aliphatic heterocycles. The number of rotatable bonds is 4. The molecule has 2 heterocycles. The molecule has 1 aromatic rings. The molecule has 1 aliphatic carbocycles. The number of carbonyl (C=O) groups excluding carboxylic acids is 1. The zero-order valence-electron chi connectivity index (χ0n) is 15.4. The van der Waals surface area contributed by atoms with Gasteiger partial charge in [0.15, 0.2) is 6.61 Å². The summed E-state index contributed by atoms with van der Waals surface area (Å²) < 4.78 is 6.39. The minimum Gasteiger partial charge on any atom is -0.484 e. The van der Waals surface area contributed by atoms with Crippen molar-refractivity contribution in [3.8, 4) is 5.75 Å². The Kier molecular flexibility index (Phi) is 6.36. The van der Waals surface area contributed by atoms with Crippen molar-refractivity contribution in [2.45, 2.75) is 55.6 Å². The Morgan fingerprint density at radius 3 is 2.54 bits per heavy atom. The number of nitrogens with zero attached hydrogens (tertiary/aromatic N) is 1. The molecule has 0 N–H and O–H groups in total. The van der Waals surface area contributed by atoms with Crippen LogP contribution in [-0.2, 0) is 4.79 Å². The lowest BCUT2D eigenvalue weighted by molar-refractivity contribution is -0.139. The van der Waals surface area contributed by atoms with Gasteiger partial charge in [-0.15, -0.1) is 23.5 Å². The molecule has 0 spiro atoms. The normalized spacial score (nSPS) is 27.0. The predicted molar refractivity (Wildman–Crippen MR) is 111 cm³/mol. The van der Waals surface area contributed by atoms with Crippen LogP contribution in [0.2, 0.25) is 0 Å². The molecule has 1 aromatic carbocycles. The second kappa shape index (κ2) is 8.92. The molecule has 4 rings (SSSR count). The third-order valence-electron chi connectivity index (χ3n) is 5.91. The van der Waals surface area contributed by atoms with E-state index >= 15 is 0 Å². The van der Waals surface area contributed by atoms with Gasteiger partial charge in [-0.2, -0.15) is 0 Å². The van der Waals surface area contributed by atoms with E-state index in [1.54, 1.807) is 0 Å². The number of hydrogen-bond acceptors (Lipinski definition) is 4. The number of amides is 1. The van der Waals surface area contributed by atoms with Crippen LogP contribution < -0.4 is 4.74 Å². The first-order valence-electron chi connectivity index (χ1n) is 10.1. The van der Waals surface area contributed by atoms with E-state index in [-0.39, 0.29) is 12.5 Å². The summed E-state index contributed by atoms with van der Waals surface area (Å²) in [5, 5.41) is 0. The molecule has 1 saturated carbocycles. The van der Waals surface area contributed by atoms with Gasteiger partial charge in [0.05, 0.1) is 4.58 Å². The second-order valence-electron chi connectivity index (χ2n) is 7.63. The van der Waals surface area contributed by atoms with E-state index in [4.69, 9.17) is 4.74 Å². The van der Waals surface area contributed by atoms with Gasteiger partial charge in [0.1, 0.15) is 5.75 Å². The maximum Gasteiger partial charge on any atom is 0.260 e. The van der Waals surface area contributed by atoms with Crippen molar-refractivity contribution < 1.29 is 9.53 Å². The van der Waals surface area contributed by atoms with Gasteiger partial charge < -0.3 is 9.64 Å². The summed E-state index contributed by atoms with van der Waals surface area (Å²) >= 11 is 4.06. The van der Waals surface area contributed by atoms with Crippen LogP contribution in [0.25, 0.3) is 0 Å². The highest BCUT2D eigenvalue weighted by Crippen LogP contribution is 2.43. The van der Waals surface area contributed by atoms with Gasteiger partial charge in [0.2, 0.25) is 0 Å². The lowest BCUT2D eigenvalue weighted by Gasteiger charge is -2.44. The minimum absolute atomic E-state index is 0.170. The van der Waals surface area contributed by atoms with Gasteiger partial charge in [-0.3, -0.25) is 4.79 Å². The van der Waals surface area contributed by atoms with Crippen LogP contribution in [0.15, 0.2) is 24.3 Å². The second-order valence-corrected chi connectivity index (χ2v) is 10.4. The molecule has 2 saturated heterocycles. The molecule has 5 heteroatoms. The molecule has 3 fully saturated rings. The topological polar surface area (TPSA) is 29.5 Å². The van der Waals surface area contributed by atoms with Crippen LogP contribution in [0.3, 0.4) is 0 Å². The monoisotopic (exact) mass is 391 g/mol. The maximum atomic E-state index is 12.7. The molecule has 1 amide bonds. The number of likely N-dealkylation sites (tertiary alicyclic amines) is 1. The quantitative estimate of drug-likeness (QED) is 0.713. The molecule has 3 aliphatic rings. The number of thioether (sulfide) groups is 2. The molecule has 26 heavy (non-hydrogen) atoms. The summed E-state index contributed by atoms with van der Waals surface area (Å²) in [6, 6.07) is 8.84. The number of piperidine rings is 1. The van der Waals surface area contributed by atoms with Gasteiger partial charge in [-0.05, 0) is 67.2 Å². The Hall–Kier alpha value is -0.810. The summed E-state index contributed by atoms with van der Waals surface area (Å²) in [7, 11) is 0. The summed E-state index contributed by atoms with van der Waals surface area (Å²) in [6.45, 7) is 1.09. The number of fused-ring (bicyclic) bond motifs is 1. The average molecular weight is 392 g/mol. The highest BCUT2D eigenvalue weighted by atomic mass is 32.2. The smallest absolute Gasteiger partial charge is 0.260 e. The van der Waals surface area contributed by atoms with Gasteiger partial charge in [0, 0.05) is 12.6 Å². The van der Waals surface area contributed by atoms with E-state index in [1.807, 2.05) is 35.7 Å². The fourth-order valence-electron chi connectivity index (χ4n) is 4.56. The summed E-state index contributed by atoms with van der Waals surface area (Å²) in [4.78, 5) is 14.9. The molecular weight excluding hydrogens is 362 g/mol. The first-order valence-corrected chi connectivity index (χ1v) is 12.2. The van der Waals surface area contributed by atoms with Crippen molar-refractivity contribution in [1.82, 2.24) is 4.90 Å². The molecule has 3 nitrogen and oxygen atoms in total. The Balaban J connectivity index is 1.31.